The fraction of sp³-hybridized carbons (Fsp3) is 0.278. The van der Waals surface area contributed by atoms with Crippen LogP contribution in [0.5, 0.6) is 0 Å². The SMILES string of the molecule is COC(=O)C(CCc1ccncc1)C(=O)c1ccc(C(F)(F)F)cc1. The Balaban J connectivity index is 2.16. The number of carbonyl (C=O) groups excluding carboxylic acids is 2. The number of aryl methyl sites for hydroxylation is 1. The summed E-state index contributed by atoms with van der Waals surface area (Å²) in [5.74, 6) is -2.34. The Kier molecular flexibility index (Phi) is 5.90. The Morgan fingerprint density at radius 2 is 1.68 bits per heavy atom. The summed E-state index contributed by atoms with van der Waals surface area (Å²) in [5, 5.41) is 0. The number of benzene rings is 1. The number of carbonyl (C=O) groups is 2. The summed E-state index contributed by atoms with van der Waals surface area (Å²) in [7, 11) is 1.17. The van der Waals surface area contributed by atoms with Gasteiger partial charge in [0.1, 0.15) is 5.92 Å². The zero-order valence-electron chi connectivity index (χ0n) is 13.4. The summed E-state index contributed by atoms with van der Waals surface area (Å²) >= 11 is 0. The minimum Gasteiger partial charge on any atom is -0.468 e. The molecule has 2 aromatic rings. The summed E-state index contributed by atoms with van der Waals surface area (Å²) < 4.78 is 42.5. The molecule has 0 spiro atoms. The quantitative estimate of drug-likeness (QED) is 0.452. The molecule has 0 fully saturated rings. The lowest BCUT2D eigenvalue weighted by Gasteiger charge is -2.14. The van der Waals surface area contributed by atoms with Crippen LogP contribution in [0.2, 0.25) is 0 Å². The van der Waals surface area contributed by atoms with Crippen molar-refractivity contribution in [2.75, 3.05) is 7.11 Å². The van der Waals surface area contributed by atoms with E-state index in [0.717, 1.165) is 29.8 Å². The van der Waals surface area contributed by atoms with Gasteiger partial charge in [-0.1, -0.05) is 12.1 Å². The van der Waals surface area contributed by atoms with Crippen LogP contribution < -0.4 is 0 Å². The van der Waals surface area contributed by atoms with E-state index in [-0.39, 0.29) is 12.0 Å². The third kappa shape index (κ3) is 4.89. The lowest BCUT2D eigenvalue weighted by Crippen LogP contribution is -2.26. The van der Waals surface area contributed by atoms with E-state index in [0.29, 0.717) is 6.42 Å². The summed E-state index contributed by atoms with van der Waals surface area (Å²) in [4.78, 5) is 28.4. The van der Waals surface area contributed by atoms with Crippen molar-refractivity contribution in [3.63, 3.8) is 0 Å². The fourth-order valence-corrected chi connectivity index (χ4v) is 2.38. The Hall–Kier alpha value is -2.70. The van der Waals surface area contributed by atoms with Crippen LogP contribution in [0.1, 0.15) is 27.9 Å². The molecule has 132 valence electrons. The van der Waals surface area contributed by atoms with Crippen LogP contribution >= 0.6 is 0 Å². The fourth-order valence-electron chi connectivity index (χ4n) is 2.38. The number of methoxy groups -OCH3 is 1. The zero-order chi connectivity index (χ0) is 18.4. The largest absolute Gasteiger partial charge is 0.468 e. The second kappa shape index (κ2) is 7.92. The van der Waals surface area contributed by atoms with Crippen molar-refractivity contribution in [2.45, 2.75) is 19.0 Å². The summed E-state index contributed by atoms with van der Waals surface area (Å²) in [6, 6.07) is 7.32. The first-order valence-corrected chi connectivity index (χ1v) is 7.51. The van der Waals surface area contributed by atoms with Crippen LogP contribution in [0.15, 0.2) is 48.8 Å². The van der Waals surface area contributed by atoms with Crippen molar-refractivity contribution < 1.29 is 27.5 Å². The van der Waals surface area contributed by atoms with E-state index in [9.17, 15) is 22.8 Å². The Bertz CT molecular complexity index is 727. The summed E-state index contributed by atoms with van der Waals surface area (Å²) in [5.41, 5.74) is 0.0812. The standard InChI is InChI=1S/C18H16F3NO3/c1-25-17(24)15(7-2-12-8-10-22-11-9-12)16(23)13-3-5-14(6-4-13)18(19,20)21/h3-6,8-11,15H,2,7H2,1H3. The number of alkyl halides is 3. The van der Waals surface area contributed by atoms with E-state index in [2.05, 4.69) is 9.72 Å². The predicted molar refractivity (Wildman–Crippen MR) is 83.8 cm³/mol. The molecule has 0 amide bonds. The van der Waals surface area contributed by atoms with Crippen LogP contribution in [0.25, 0.3) is 0 Å². The van der Waals surface area contributed by atoms with Gasteiger partial charge in [-0.15, -0.1) is 0 Å². The van der Waals surface area contributed by atoms with Gasteiger partial charge < -0.3 is 4.74 Å². The topological polar surface area (TPSA) is 56.3 Å². The summed E-state index contributed by atoms with van der Waals surface area (Å²) in [6.45, 7) is 0. The number of esters is 1. The van der Waals surface area contributed by atoms with Crippen LogP contribution in [0.3, 0.4) is 0 Å². The number of nitrogens with zero attached hydrogens (tertiary/aromatic N) is 1. The second-order valence-electron chi connectivity index (χ2n) is 5.41. The van der Waals surface area contributed by atoms with E-state index in [1.54, 1.807) is 24.5 Å². The highest BCUT2D eigenvalue weighted by Gasteiger charge is 2.32. The number of ether oxygens (including phenoxy) is 1. The third-order valence-electron chi connectivity index (χ3n) is 3.77. The lowest BCUT2D eigenvalue weighted by atomic mass is 9.91. The average molecular weight is 351 g/mol. The molecule has 4 nitrogen and oxygen atoms in total. The second-order valence-corrected chi connectivity index (χ2v) is 5.41. The molecule has 0 saturated carbocycles. The zero-order valence-corrected chi connectivity index (χ0v) is 13.4. The molecule has 1 aromatic heterocycles. The van der Waals surface area contributed by atoms with Crippen molar-refractivity contribution in [3.8, 4) is 0 Å². The van der Waals surface area contributed by atoms with E-state index < -0.39 is 29.4 Å². The van der Waals surface area contributed by atoms with Crippen molar-refractivity contribution in [2.24, 2.45) is 5.92 Å². The van der Waals surface area contributed by atoms with E-state index in [4.69, 9.17) is 0 Å². The van der Waals surface area contributed by atoms with E-state index in [1.165, 1.54) is 7.11 Å². The molecule has 7 heteroatoms. The monoisotopic (exact) mass is 351 g/mol. The molecule has 0 aliphatic heterocycles. The van der Waals surface area contributed by atoms with Gasteiger partial charge in [0.25, 0.3) is 0 Å². The normalized spacial score (nSPS) is 12.5. The number of pyridine rings is 1. The maximum atomic E-state index is 12.6. The molecule has 0 radical (unpaired) electrons. The van der Waals surface area contributed by atoms with Gasteiger partial charge >= 0.3 is 12.1 Å². The predicted octanol–water partition coefficient (Wildman–Crippen LogP) is 3.71. The Labute approximate surface area is 142 Å². The first kappa shape index (κ1) is 18.6. The smallest absolute Gasteiger partial charge is 0.416 e. The van der Waals surface area contributed by atoms with Gasteiger partial charge in [0.15, 0.2) is 5.78 Å². The minimum atomic E-state index is -4.48. The van der Waals surface area contributed by atoms with Crippen molar-refractivity contribution in [1.29, 1.82) is 0 Å². The average Bonchev–Trinajstić information content (AvgIpc) is 2.61. The van der Waals surface area contributed by atoms with Gasteiger partial charge in [-0.2, -0.15) is 13.2 Å². The molecule has 1 atom stereocenters. The number of Topliss-reactive ketones (excluding diaryl/α,β-unsaturated/α-hetero) is 1. The molecule has 0 bridgehead atoms. The van der Waals surface area contributed by atoms with Gasteiger partial charge in [0, 0.05) is 18.0 Å². The van der Waals surface area contributed by atoms with Gasteiger partial charge in [-0.3, -0.25) is 14.6 Å². The molecular weight excluding hydrogens is 335 g/mol. The Morgan fingerprint density at radius 3 is 2.20 bits per heavy atom. The van der Waals surface area contributed by atoms with Gasteiger partial charge in [-0.05, 0) is 42.7 Å². The molecular formula is C18H16F3NO3. The molecule has 25 heavy (non-hydrogen) atoms. The summed E-state index contributed by atoms with van der Waals surface area (Å²) in [6.07, 6.45) is -0.657. The first-order valence-electron chi connectivity index (χ1n) is 7.51. The van der Waals surface area contributed by atoms with Crippen LogP contribution in [-0.2, 0) is 22.1 Å². The van der Waals surface area contributed by atoms with Crippen molar-refractivity contribution >= 4 is 11.8 Å². The molecule has 1 aromatic carbocycles. The minimum absolute atomic E-state index is 0.0399. The molecule has 0 aliphatic rings. The number of hydrogen-bond donors (Lipinski definition) is 0. The number of halogens is 3. The number of hydrogen-bond acceptors (Lipinski definition) is 4. The van der Waals surface area contributed by atoms with Gasteiger partial charge in [0.05, 0.1) is 12.7 Å². The molecule has 1 heterocycles. The molecule has 0 aliphatic carbocycles. The number of ketones is 1. The first-order chi connectivity index (χ1) is 11.8. The van der Waals surface area contributed by atoms with Gasteiger partial charge in [0.2, 0.25) is 0 Å². The highest BCUT2D eigenvalue weighted by Crippen LogP contribution is 2.29. The van der Waals surface area contributed by atoms with Crippen LogP contribution in [-0.4, -0.2) is 23.8 Å². The highest BCUT2D eigenvalue weighted by atomic mass is 19.4. The highest BCUT2D eigenvalue weighted by molar-refractivity contribution is 6.08. The molecule has 1 unspecified atom stereocenters. The van der Waals surface area contributed by atoms with E-state index >= 15 is 0 Å². The maximum absolute atomic E-state index is 12.6. The third-order valence-corrected chi connectivity index (χ3v) is 3.77. The van der Waals surface area contributed by atoms with Crippen LogP contribution in [0.4, 0.5) is 13.2 Å². The van der Waals surface area contributed by atoms with Gasteiger partial charge in [-0.25, -0.2) is 0 Å². The van der Waals surface area contributed by atoms with Crippen molar-refractivity contribution in [3.05, 3.63) is 65.5 Å². The Morgan fingerprint density at radius 1 is 1.08 bits per heavy atom. The van der Waals surface area contributed by atoms with E-state index in [1.807, 2.05) is 0 Å². The molecule has 2 rings (SSSR count). The molecule has 0 N–H and O–H groups in total. The number of aromatic nitrogens is 1. The van der Waals surface area contributed by atoms with Crippen LogP contribution in [0, 0.1) is 5.92 Å². The number of rotatable bonds is 6. The lowest BCUT2D eigenvalue weighted by molar-refractivity contribution is -0.144. The van der Waals surface area contributed by atoms with Crippen molar-refractivity contribution in [1.82, 2.24) is 4.98 Å². The maximum Gasteiger partial charge on any atom is 0.416 e. The molecule has 0 saturated heterocycles.